The van der Waals surface area contributed by atoms with Crippen LogP contribution < -0.4 is 16.6 Å². The van der Waals surface area contributed by atoms with E-state index in [1.54, 1.807) is 18.2 Å². The maximum absolute atomic E-state index is 13.7. The molecule has 9 heteroatoms. The molecule has 8 nitrogen and oxygen atoms in total. The number of nitrogens with one attached hydrogen (secondary N) is 3. The monoisotopic (exact) mass is 342 g/mol. The highest BCUT2D eigenvalue weighted by Crippen LogP contribution is 2.20. The number of nitrogens with two attached hydrogens (primary N) is 1. The lowest BCUT2D eigenvalue weighted by Crippen LogP contribution is -2.27. The van der Waals surface area contributed by atoms with Gasteiger partial charge in [-0.1, -0.05) is 12.1 Å². The summed E-state index contributed by atoms with van der Waals surface area (Å²) in [4.78, 5) is 29.9. The Balaban J connectivity index is 1.62. The van der Waals surface area contributed by atoms with Crippen LogP contribution in [0.15, 0.2) is 41.2 Å². The number of anilines is 1. The van der Waals surface area contributed by atoms with Gasteiger partial charge in [-0.05, 0) is 18.2 Å². The first kappa shape index (κ1) is 16.4. The molecule has 0 aliphatic carbocycles. The molecule has 3 aromatic rings. The van der Waals surface area contributed by atoms with E-state index < -0.39 is 11.7 Å². The Morgan fingerprint density at radius 3 is 2.84 bits per heavy atom. The van der Waals surface area contributed by atoms with E-state index in [4.69, 9.17) is 5.73 Å². The van der Waals surface area contributed by atoms with Gasteiger partial charge in [0.2, 0.25) is 0 Å². The summed E-state index contributed by atoms with van der Waals surface area (Å²) in [5.41, 5.74) is 5.98. The fourth-order valence-electron chi connectivity index (χ4n) is 2.28. The van der Waals surface area contributed by atoms with Gasteiger partial charge in [0, 0.05) is 24.6 Å². The van der Waals surface area contributed by atoms with Gasteiger partial charge in [-0.2, -0.15) is 5.10 Å². The van der Waals surface area contributed by atoms with Crippen molar-refractivity contribution in [2.75, 3.05) is 12.3 Å². The van der Waals surface area contributed by atoms with Crippen molar-refractivity contribution in [2.45, 2.75) is 6.42 Å². The summed E-state index contributed by atoms with van der Waals surface area (Å²) in [5.74, 6) is -0.325. The van der Waals surface area contributed by atoms with Gasteiger partial charge in [0.05, 0.1) is 5.69 Å². The first-order valence-electron chi connectivity index (χ1n) is 7.47. The Morgan fingerprint density at radius 2 is 2.08 bits per heavy atom. The second-order valence-corrected chi connectivity index (χ2v) is 5.27. The fourth-order valence-corrected chi connectivity index (χ4v) is 2.28. The minimum atomic E-state index is -0.419. The molecular formula is C16H15FN6O2. The number of nitrogens with zero attached hydrogens (tertiary/aromatic N) is 2. The van der Waals surface area contributed by atoms with Crippen LogP contribution in [0.3, 0.4) is 0 Å². The lowest BCUT2D eigenvalue weighted by molar-refractivity contribution is 0.0949. The van der Waals surface area contributed by atoms with Gasteiger partial charge >= 0.3 is 0 Å². The second-order valence-electron chi connectivity index (χ2n) is 5.27. The van der Waals surface area contributed by atoms with Gasteiger partial charge in [0.1, 0.15) is 23.2 Å². The normalized spacial score (nSPS) is 10.6. The molecule has 0 aliphatic heterocycles. The summed E-state index contributed by atoms with van der Waals surface area (Å²) in [5, 5.41) is 9.19. The molecule has 3 rings (SSSR count). The molecule has 0 spiro atoms. The van der Waals surface area contributed by atoms with E-state index in [1.165, 1.54) is 18.2 Å². The second kappa shape index (κ2) is 6.95. The summed E-state index contributed by atoms with van der Waals surface area (Å²) in [6.07, 6.45) is 0.306. The predicted molar refractivity (Wildman–Crippen MR) is 89.3 cm³/mol. The van der Waals surface area contributed by atoms with E-state index >= 15 is 0 Å². The molecule has 0 atom stereocenters. The van der Waals surface area contributed by atoms with E-state index in [1.807, 2.05) is 0 Å². The van der Waals surface area contributed by atoms with Crippen LogP contribution >= 0.6 is 0 Å². The molecule has 1 aromatic carbocycles. The third kappa shape index (κ3) is 3.89. The van der Waals surface area contributed by atoms with E-state index in [2.05, 4.69) is 25.5 Å². The molecular weight excluding hydrogens is 327 g/mol. The molecule has 0 saturated heterocycles. The van der Waals surface area contributed by atoms with Gasteiger partial charge in [-0.25, -0.2) is 9.37 Å². The summed E-state index contributed by atoms with van der Waals surface area (Å²) in [6.45, 7) is 0.235. The zero-order valence-electron chi connectivity index (χ0n) is 13.0. The Morgan fingerprint density at radius 1 is 1.28 bits per heavy atom. The standard InChI is InChI=1S/C16H15FN6O2/c17-10-4-2-1-3-9(10)11-7-12(23-22-11)16(25)19-6-5-14-20-13(18)8-15(24)21-14/h1-4,7-8H,5-6H2,(H,19,25)(H,22,23)(H3,18,20,21,24). The Labute approximate surface area is 141 Å². The number of benzene rings is 1. The number of aromatic amines is 2. The van der Waals surface area contributed by atoms with Gasteiger partial charge in [-0.3, -0.25) is 14.7 Å². The minimum Gasteiger partial charge on any atom is -0.383 e. The fraction of sp³-hybridized carbons (Fsp3) is 0.125. The molecule has 0 aliphatic rings. The minimum absolute atomic E-state index is 0.119. The van der Waals surface area contributed by atoms with E-state index in [0.717, 1.165) is 0 Å². The number of aromatic nitrogens is 4. The first-order chi connectivity index (χ1) is 12.0. The lowest BCUT2D eigenvalue weighted by atomic mass is 10.1. The van der Waals surface area contributed by atoms with Crippen molar-refractivity contribution in [3.05, 3.63) is 64.1 Å². The van der Waals surface area contributed by atoms with E-state index in [9.17, 15) is 14.0 Å². The van der Waals surface area contributed by atoms with Gasteiger partial charge < -0.3 is 16.0 Å². The number of amides is 1. The largest absolute Gasteiger partial charge is 0.383 e. The average Bonchev–Trinajstić information content (AvgIpc) is 3.04. The molecule has 1 amide bonds. The zero-order valence-corrected chi connectivity index (χ0v) is 13.0. The smallest absolute Gasteiger partial charge is 0.269 e. The van der Waals surface area contributed by atoms with Crippen molar-refractivity contribution in [3.8, 4) is 11.3 Å². The van der Waals surface area contributed by atoms with Gasteiger partial charge in [-0.15, -0.1) is 0 Å². The number of halogens is 1. The third-order valence-corrected chi connectivity index (χ3v) is 3.43. The van der Waals surface area contributed by atoms with Crippen molar-refractivity contribution in [2.24, 2.45) is 0 Å². The van der Waals surface area contributed by atoms with Gasteiger partial charge in [0.15, 0.2) is 0 Å². The highest BCUT2D eigenvalue weighted by Gasteiger charge is 2.13. The highest BCUT2D eigenvalue weighted by atomic mass is 19.1. The molecule has 0 saturated carbocycles. The van der Waals surface area contributed by atoms with Crippen LogP contribution in [0.1, 0.15) is 16.3 Å². The molecule has 2 heterocycles. The third-order valence-electron chi connectivity index (χ3n) is 3.43. The SMILES string of the molecule is Nc1cc(=O)[nH]c(CCNC(=O)c2cc(-c3ccccc3F)n[nH]2)n1. The number of rotatable bonds is 5. The average molecular weight is 342 g/mol. The van der Waals surface area contributed by atoms with Crippen molar-refractivity contribution in [1.82, 2.24) is 25.5 Å². The zero-order chi connectivity index (χ0) is 17.8. The molecule has 0 unspecified atom stereocenters. The first-order valence-corrected chi connectivity index (χ1v) is 7.47. The molecule has 128 valence electrons. The maximum Gasteiger partial charge on any atom is 0.269 e. The Bertz CT molecular complexity index is 965. The molecule has 25 heavy (non-hydrogen) atoms. The summed E-state index contributed by atoms with van der Waals surface area (Å²) in [7, 11) is 0. The van der Waals surface area contributed by atoms with Crippen molar-refractivity contribution in [1.29, 1.82) is 0 Å². The highest BCUT2D eigenvalue weighted by molar-refractivity contribution is 5.93. The van der Waals surface area contributed by atoms with Crippen LogP contribution in [0.4, 0.5) is 10.2 Å². The van der Waals surface area contributed by atoms with Crippen LogP contribution in [0.5, 0.6) is 0 Å². The quantitative estimate of drug-likeness (QED) is 0.546. The van der Waals surface area contributed by atoms with Crippen molar-refractivity contribution in [3.63, 3.8) is 0 Å². The number of H-pyrrole nitrogens is 2. The summed E-state index contributed by atoms with van der Waals surface area (Å²) >= 11 is 0. The van der Waals surface area contributed by atoms with Crippen LogP contribution in [-0.2, 0) is 6.42 Å². The number of hydrogen-bond acceptors (Lipinski definition) is 5. The van der Waals surface area contributed by atoms with Crippen molar-refractivity contribution < 1.29 is 9.18 Å². The molecule has 0 fully saturated rings. The predicted octanol–water partition coefficient (Wildman–Crippen LogP) is 0.854. The topological polar surface area (TPSA) is 130 Å². The van der Waals surface area contributed by atoms with E-state index in [-0.39, 0.29) is 23.6 Å². The number of nitrogen functional groups attached to an aromatic ring is 1. The summed E-state index contributed by atoms with van der Waals surface area (Å²) < 4.78 is 13.7. The van der Waals surface area contributed by atoms with Crippen LogP contribution in [0.2, 0.25) is 0 Å². The Hall–Kier alpha value is -3.49. The Kier molecular flexibility index (Phi) is 4.55. The number of carbonyl (C=O) groups excluding carboxylic acids is 1. The lowest BCUT2D eigenvalue weighted by Gasteiger charge is -2.03. The van der Waals surface area contributed by atoms with Crippen molar-refractivity contribution >= 4 is 11.7 Å². The van der Waals surface area contributed by atoms with E-state index in [0.29, 0.717) is 23.5 Å². The molecule has 0 radical (unpaired) electrons. The molecule has 0 bridgehead atoms. The number of carbonyl (C=O) groups is 1. The van der Waals surface area contributed by atoms with Crippen LogP contribution in [-0.4, -0.2) is 32.6 Å². The maximum atomic E-state index is 13.7. The van der Waals surface area contributed by atoms with Crippen LogP contribution in [0.25, 0.3) is 11.3 Å². The summed E-state index contributed by atoms with van der Waals surface area (Å²) in [6, 6.07) is 8.81. The molecule has 5 N–H and O–H groups in total. The van der Waals surface area contributed by atoms with Crippen LogP contribution in [0, 0.1) is 5.82 Å². The van der Waals surface area contributed by atoms with Gasteiger partial charge in [0.25, 0.3) is 11.5 Å². The number of hydrogen-bond donors (Lipinski definition) is 4. The molecule has 2 aromatic heterocycles.